The van der Waals surface area contributed by atoms with Crippen LogP contribution in [0.15, 0.2) is 11.4 Å². The van der Waals surface area contributed by atoms with Crippen LogP contribution in [0.3, 0.4) is 0 Å². The maximum atomic E-state index is 4.01. The third-order valence-corrected chi connectivity index (χ3v) is 1.43. The molecule has 0 saturated heterocycles. The molecule has 0 N–H and O–H groups in total. The molecule has 0 aromatic heterocycles. The Balaban J connectivity index is 4.28. The highest BCUT2D eigenvalue weighted by Crippen LogP contribution is 2.06. The minimum absolute atomic E-state index is 1.03. The lowest BCUT2D eigenvalue weighted by atomic mass is 10.4. The van der Waals surface area contributed by atoms with Crippen LogP contribution in [0, 0.1) is 0 Å². The third-order valence-electron chi connectivity index (χ3n) is 1.43. The molecule has 0 aliphatic heterocycles. The van der Waals surface area contributed by atoms with Crippen molar-refractivity contribution in [1.29, 1.82) is 0 Å². The maximum Gasteiger partial charge on any atom is 0.158 e. The Labute approximate surface area is 56.9 Å². The van der Waals surface area contributed by atoms with Crippen LogP contribution < -0.4 is 0 Å². The van der Waals surface area contributed by atoms with Crippen LogP contribution in [0.25, 0.3) is 5.32 Å². The van der Waals surface area contributed by atoms with Crippen LogP contribution >= 0.6 is 0 Å². The lowest BCUT2D eigenvalue weighted by Crippen LogP contribution is -2.00. The monoisotopic (exact) mass is 126 g/mol. The van der Waals surface area contributed by atoms with Gasteiger partial charge in [-0.25, -0.2) is 4.58 Å². The molecule has 0 radical (unpaired) electrons. The van der Waals surface area contributed by atoms with E-state index in [4.69, 9.17) is 0 Å². The van der Waals surface area contributed by atoms with Crippen molar-refractivity contribution in [2.75, 3.05) is 14.1 Å². The molecule has 0 aromatic carbocycles. The van der Waals surface area contributed by atoms with Gasteiger partial charge >= 0.3 is 0 Å². The molecule has 9 heavy (non-hydrogen) atoms. The molecule has 0 rings (SSSR count). The summed E-state index contributed by atoms with van der Waals surface area (Å²) in [4.78, 5) is 0. The van der Waals surface area contributed by atoms with Crippen molar-refractivity contribution in [1.82, 2.24) is 0 Å². The van der Waals surface area contributed by atoms with E-state index in [-0.39, 0.29) is 0 Å². The molecule has 0 aliphatic rings. The molecule has 0 atom stereocenters. The van der Waals surface area contributed by atoms with Gasteiger partial charge in [0.15, 0.2) is 5.70 Å². The van der Waals surface area contributed by atoms with Crippen molar-refractivity contribution in [3.05, 3.63) is 16.7 Å². The van der Waals surface area contributed by atoms with Gasteiger partial charge in [0.2, 0.25) is 0 Å². The summed E-state index contributed by atoms with van der Waals surface area (Å²) in [7, 11) is 3.69. The molecule has 0 saturated carbocycles. The van der Waals surface area contributed by atoms with Crippen molar-refractivity contribution < 1.29 is 4.58 Å². The van der Waals surface area contributed by atoms with Crippen molar-refractivity contribution in [3.63, 3.8) is 0 Å². The highest BCUT2D eigenvalue weighted by atomic mass is 15.0. The fourth-order valence-electron chi connectivity index (χ4n) is 0.438. The molecular weight excluding hydrogens is 112 g/mol. The first kappa shape index (κ1) is 8.21. The lowest BCUT2D eigenvalue weighted by molar-refractivity contribution is -0.434. The molecule has 0 bridgehead atoms. The lowest BCUT2D eigenvalue weighted by Gasteiger charge is -2.13. The second-order valence-corrected chi connectivity index (χ2v) is 2.09. The SMILES string of the molecule is C=[N+](C)/C(C)=C(/C)[N-]C. The van der Waals surface area contributed by atoms with Crippen molar-refractivity contribution in [3.8, 4) is 0 Å². The summed E-state index contributed by atoms with van der Waals surface area (Å²) in [6, 6.07) is 0. The first-order valence-corrected chi connectivity index (χ1v) is 2.91. The molecular formula is C7H14N2. The van der Waals surface area contributed by atoms with E-state index in [2.05, 4.69) is 12.0 Å². The van der Waals surface area contributed by atoms with Gasteiger partial charge in [-0.2, -0.15) is 0 Å². The predicted molar refractivity (Wildman–Crippen MR) is 41.0 cm³/mol. The Morgan fingerprint density at radius 2 is 1.89 bits per heavy atom. The summed E-state index contributed by atoms with van der Waals surface area (Å²) in [5.74, 6) is 0. The molecule has 2 heteroatoms. The van der Waals surface area contributed by atoms with E-state index < -0.39 is 0 Å². The Morgan fingerprint density at radius 3 is 2.00 bits per heavy atom. The van der Waals surface area contributed by atoms with Crippen molar-refractivity contribution >= 4 is 6.72 Å². The molecule has 0 heterocycles. The predicted octanol–water partition coefficient (Wildman–Crippen LogP) is 1.58. The normalized spacial score (nSPS) is 12.4. The van der Waals surface area contributed by atoms with Gasteiger partial charge in [-0.15, -0.1) is 7.05 Å². The van der Waals surface area contributed by atoms with Crippen molar-refractivity contribution in [2.45, 2.75) is 13.8 Å². The Hall–Kier alpha value is -0.790. The largest absolute Gasteiger partial charge is 0.686 e. The molecule has 0 amide bonds. The Morgan fingerprint density at radius 1 is 1.44 bits per heavy atom. The van der Waals surface area contributed by atoms with E-state index in [1.165, 1.54) is 0 Å². The van der Waals surface area contributed by atoms with Gasteiger partial charge < -0.3 is 5.32 Å². The van der Waals surface area contributed by atoms with E-state index in [9.17, 15) is 0 Å². The van der Waals surface area contributed by atoms with Crippen LogP contribution in [-0.4, -0.2) is 25.4 Å². The van der Waals surface area contributed by atoms with Gasteiger partial charge in [0.25, 0.3) is 0 Å². The molecule has 0 unspecified atom stereocenters. The second kappa shape index (κ2) is 3.28. The standard InChI is InChI=1S/C7H14N2/c1-6(8-3)7(2)9(4)5/h4H2,1-3,5H3/b7-6-. The van der Waals surface area contributed by atoms with Gasteiger partial charge in [0, 0.05) is 6.92 Å². The summed E-state index contributed by atoms with van der Waals surface area (Å²) in [5.41, 5.74) is 2.14. The van der Waals surface area contributed by atoms with Crippen LogP contribution in [0.2, 0.25) is 0 Å². The summed E-state index contributed by atoms with van der Waals surface area (Å²) < 4.78 is 1.81. The average Bonchev–Trinajstić information content (AvgIpc) is 1.84. The highest BCUT2D eigenvalue weighted by molar-refractivity contribution is 5.21. The fraction of sp³-hybridized carbons (Fsp3) is 0.571. The summed E-state index contributed by atoms with van der Waals surface area (Å²) in [5, 5.41) is 4.01. The van der Waals surface area contributed by atoms with Crippen LogP contribution in [0.5, 0.6) is 0 Å². The number of hydrogen-bond donors (Lipinski definition) is 0. The van der Waals surface area contributed by atoms with Gasteiger partial charge in [-0.1, -0.05) is 12.6 Å². The van der Waals surface area contributed by atoms with E-state index in [0.717, 1.165) is 11.4 Å². The summed E-state index contributed by atoms with van der Waals surface area (Å²) >= 11 is 0. The minimum Gasteiger partial charge on any atom is -0.686 e. The van der Waals surface area contributed by atoms with Gasteiger partial charge in [-0.05, 0) is 0 Å². The van der Waals surface area contributed by atoms with Gasteiger partial charge in [-0.3, -0.25) is 0 Å². The van der Waals surface area contributed by atoms with Crippen LogP contribution in [-0.2, 0) is 0 Å². The maximum absolute atomic E-state index is 4.01. The number of allylic oxidation sites excluding steroid dienone is 2. The van der Waals surface area contributed by atoms with E-state index in [1.807, 2.05) is 25.5 Å². The molecule has 2 nitrogen and oxygen atoms in total. The topological polar surface area (TPSA) is 17.1 Å². The fourth-order valence-corrected chi connectivity index (χ4v) is 0.438. The summed E-state index contributed by atoms with van der Waals surface area (Å²) in [6.45, 7) is 7.69. The van der Waals surface area contributed by atoms with Gasteiger partial charge in [0.1, 0.15) is 13.8 Å². The molecule has 0 aromatic rings. The zero-order valence-electron chi connectivity index (χ0n) is 6.60. The Bertz CT molecular complexity index is 145. The Kier molecular flexibility index (Phi) is 2.99. The highest BCUT2D eigenvalue weighted by Gasteiger charge is 1.93. The third kappa shape index (κ3) is 2.31. The zero-order valence-corrected chi connectivity index (χ0v) is 6.60. The van der Waals surface area contributed by atoms with E-state index >= 15 is 0 Å². The zero-order chi connectivity index (χ0) is 7.44. The molecule has 0 spiro atoms. The van der Waals surface area contributed by atoms with E-state index in [1.54, 1.807) is 7.05 Å². The van der Waals surface area contributed by atoms with Crippen LogP contribution in [0.4, 0.5) is 0 Å². The number of rotatable bonds is 2. The van der Waals surface area contributed by atoms with Gasteiger partial charge in [0.05, 0.1) is 0 Å². The summed E-state index contributed by atoms with van der Waals surface area (Å²) in [6.07, 6.45) is 0. The van der Waals surface area contributed by atoms with E-state index in [0.29, 0.717) is 0 Å². The quantitative estimate of drug-likeness (QED) is 0.395. The molecule has 0 fully saturated rings. The molecule has 52 valence electrons. The first-order valence-electron chi connectivity index (χ1n) is 2.91. The van der Waals surface area contributed by atoms with Crippen LogP contribution in [0.1, 0.15) is 13.8 Å². The van der Waals surface area contributed by atoms with Crippen molar-refractivity contribution in [2.24, 2.45) is 0 Å². The number of nitrogens with zero attached hydrogens (tertiary/aromatic N) is 2. The second-order valence-electron chi connectivity index (χ2n) is 2.09. The first-order chi connectivity index (χ1) is 4.09. The molecule has 0 aliphatic carbocycles. The number of hydrogen-bond acceptors (Lipinski definition) is 0. The minimum atomic E-state index is 1.03. The smallest absolute Gasteiger partial charge is 0.158 e. The average molecular weight is 126 g/mol.